The van der Waals surface area contributed by atoms with Crippen molar-refractivity contribution < 1.29 is 4.79 Å². The average molecular weight is 380 g/mol. The van der Waals surface area contributed by atoms with Gasteiger partial charge in [0, 0.05) is 16.6 Å². The molecule has 3 aromatic carbocycles. The molecule has 1 aromatic heterocycles. The summed E-state index contributed by atoms with van der Waals surface area (Å²) in [6.45, 7) is -0.236. The van der Waals surface area contributed by atoms with Crippen molar-refractivity contribution in [1.29, 1.82) is 5.26 Å². The number of hydrogen-bond acceptors (Lipinski definition) is 4. The molecule has 4 aromatic rings. The number of nitrogens with zero attached hydrogens (tertiary/aromatic N) is 3. The predicted octanol–water partition coefficient (Wildman–Crippen LogP) is 3.57. The fourth-order valence-corrected chi connectivity index (χ4v) is 3.15. The molecule has 1 amide bonds. The molecular weight excluding hydrogens is 364 g/mol. The number of carbonyl (C=O) groups excluding carboxylic acids is 1. The molecule has 0 unspecified atom stereocenters. The van der Waals surface area contributed by atoms with Crippen molar-refractivity contribution >= 4 is 22.4 Å². The van der Waals surface area contributed by atoms with Crippen LogP contribution in [0.15, 0.2) is 83.7 Å². The summed E-state index contributed by atoms with van der Waals surface area (Å²) >= 11 is 0. The maximum absolute atomic E-state index is 12.9. The molecule has 0 aliphatic heterocycles. The highest BCUT2D eigenvalue weighted by Gasteiger charge is 2.14. The molecule has 0 fully saturated rings. The zero-order valence-corrected chi connectivity index (χ0v) is 15.4. The van der Waals surface area contributed by atoms with Crippen molar-refractivity contribution in [3.63, 3.8) is 0 Å². The Morgan fingerprint density at radius 1 is 0.966 bits per heavy atom. The van der Waals surface area contributed by atoms with E-state index < -0.39 is 5.91 Å². The molecule has 6 heteroatoms. The third-order valence-corrected chi connectivity index (χ3v) is 4.48. The van der Waals surface area contributed by atoms with Gasteiger partial charge in [0.1, 0.15) is 6.54 Å². The van der Waals surface area contributed by atoms with E-state index in [4.69, 9.17) is 5.26 Å². The lowest BCUT2D eigenvalue weighted by Crippen LogP contribution is -2.30. The number of fused-ring (bicyclic) bond motifs is 1. The first kappa shape index (κ1) is 18.1. The normalized spacial score (nSPS) is 10.4. The molecule has 0 aliphatic rings. The second-order valence-electron chi connectivity index (χ2n) is 6.46. The maximum atomic E-state index is 12.9. The molecule has 0 spiro atoms. The van der Waals surface area contributed by atoms with Crippen LogP contribution in [0, 0.1) is 11.3 Å². The first-order chi connectivity index (χ1) is 14.2. The molecule has 0 aliphatic carbocycles. The van der Waals surface area contributed by atoms with E-state index in [0.717, 1.165) is 10.9 Å². The molecule has 6 nitrogen and oxygen atoms in total. The number of anilines is 1. The van der Waals surface area contributed by atoms with Crippen LogP contribution in [-0.4, -0.2) is 15.7 Å². The van der Waals surface area contributed by atoms with Gasteiger partial charge >= 0.3 is 0 Å². The van der Waals surface area contributed by atoms with E-state index in [0.29, 0.717) is 22.3 Å². The van der Waals surface area contributed by atoms with Crippen molar-refractivity contribution in [2.24, 2.45) is 0 Å². The largest absolute Gasteiger partial charge is 0.324 e. The van der Waals surface area contributed by atoms with Crippen LogP contribution in [0.5, 0.6) is 0 Å². The van der Waals surface area contributed by atoms with E-state index in [1.165, 1.54) is 4.68 Å². The van der Waals surface area contributed by atoms with Gasteiger partial charge in [0.05, 0.1) is 22.7 Å². The summed E-state index contributed by atoms with van der Waals surface area (Å²) in [6.07, 6.45) is 0. The van der Waals surface area contributed by atoms with Gasteiger partial charge in [-0.15, -0.1) is 0 Å². The SMILES string of the molecule is N#Cc1cccc(NC(=O)Cn2nc(-c3ccccc3)c3ccccc3c2=O)c1. The van der Waals surface area contributed by atoms with E-state index in [-0.39, 0.29) is 12.1 Å². The van der Waals surface area contributed by atoms with Gasteiger partial charge in [0.2, 0.25) is 5.91 Å². The minimum absolute atomic E-state index is 0.236. The van der Waals surface area contributed by atoms with E-state index in [2.05, 4.69) is 10.4 Å². The number of carbonyl (C=O) groups is 1. The van der Waals surface area contributed by atoms with Crippen LogP contribution in [0.1, 0.15) is 5.56 Å². The quantitative estimate of drug-likeness (QED) is 0.586. The summed E-state index contributed by atoms with van der Waals surface area (Å²) in [7, 11) is 0. The molecule has 0 saturated carbocycles. The molecular formula is C23H16N4O2. The first-order valence-electron chi connectivity index (χ1n) is 9.01. The van der Waals surface area contributed by atoms with E-state index in [9.17, 15) is 9.59 Å². The Bertz CT molecular complexity index is 1300. The molecule has 0 saturated heterocycles. The highest BCUT2D eigenvalue weighted by molar-refractivity contribution is 5.94. The Labute approximate surface area is 166 Å². The van der Waals surface area contributed by atoms with Crippen molar-refractivity contribution in [1.82, 2.24) is 9.78 Å². The van der Waals surface area contributed by atoms with Crippen LogP contribution < -0.4 is 10.9 Å². The minimum Gasteiger partial charge on any atom is -0.324 e. The summed E-state index contributed by atoms with van der Waals surface area (Å²) in [5.41, 5.74) is 2.10. The second-order valence-corrected chi connectivity index (χ2v) is 6.46. The van der Waals surface area contributed by atoms with Gasteiger partial charge in [-0.05, 0) is 24.3 Å². The first-order valence-corrected chi connectivity index (χ1v) is 9.01. The van der Waals surface area contributed by atoms with Gasteiger partial charge in [0.25, 0.3) is 5.56 Å². The lowest BCUT2D eigenvalue weighted by atomic mass is 10.1. The van der Waals surface area contributed by atoms with Crippen LogP contribution in [0.2, 0.25) is 0 Å². The van der Waals surface area contributed by atoms with Crippen molar-refractivity contribution in [3.05, 3.63) is 94.8 Å². The van der Waals surface area contributed by atoms with Crippen molar-refractivity contribution in [2.75, 3.05) is 5.32 Å². The standard InChI is InChI=1S/C23H16N4O2/c24-14-16-7-6-10-18(13-16)25-21(28)15-27-23(29)20-12-5-4-11-19(20)22(26-27)17-8-2-1-3-9-17/h1-13H,15H2,(H,25,28). The third-order valence-electron chi connectivity index (χ3n) is 4.48. The Hall–Kier alpha value is -4.24. The van der Waals surface area contributed by atoms with Gasteiger partial charge < -0.3 is 5.32 Å². The molecule has 1 N–H and O–H groups in total. The summed E-state index contributed by atoms with van der Waals surface area (Å²) < 4.78 is 1.17. The molecule has 0 radical (unpaired) electrons. The Morgan fingerprint density at radius 3 is 2.45 bits per heavy atom. The lowest BCUT2D eigenvalue weighted by Gasteiger charge is -2.11. The summed E-state index contributed by atoms with van der Waals surface area (Å²) in [6, 6.07) is 25.4. The third kappa shape index (κ3) is 3.75. The summed E-state index contributed by atoms with van der Waals surface area (Å²) in [4.78, 5) is 25.4. The van der Waals surface area contributed by atoms with Crippen LogP contribution in [0.25, 0.3) is 22.0 Å². The summed E-state index contributed by atoms with van der Waals surface area (Å²) in [5, 5.41) is 17.4. The summed E-state index contributed by atoms with van der Waals surface area (Å²) in [5.74, 6) is -0.399. The zero-order valence-electron chi connectivity index (χ0n) is 15.4. The number of nitriles is 1. The van der Waals surface area contributed by atoms with Gasteiger partial charge in [-0.25, -0.2) is 4.68 Å². The molecule has 0 bridgehead atoms. The smallest absolute Gasteiger partial charge is 0.275 e. The molecule has 1 heterocycles. The number of benzene rings is 3. The Kier molecular flexibility index (Phi) is 4.87. The molecule has 140 valence electrons. The van der Waals surface area contributed by atoms with E-state index >= 15 is 0 Å². The van der Waals surface area contributed by atoms with Gasteiger partial charge in [-0.2, -0.15) is 10.4 Å². The molecule has 0 atom stereocenters. The van der Waals surface area contributed by atoms with Crippen molar-refractivity contribution in [2.45, 2.75) is 6.54 Å². The average Bonchev–Trinajstić information content (AvgIpc) is 2.76. The molecule has 4 rings (SSSR count). The number of amides is 1. The number of nitrogens with one attached hydrogen (secondary N) is 1. The number of hydrogen-bond donors (Lipinski definition) is 1. The fourth-order valence-electron chi connectivity index (χ4n) is 3.15. The van der Waals surface area contributed by atoms with E-state index in [1.54, 1.807) is 36.4 Å². The van der Waals surface area contributed by atoms with Crippen LogP contribution in [-0.2, 0) is 11.3 Å². The van der Waals surface area contributed by atoms with Crippen LogP contribution in [0.3, 0.4) is 0 Å². The highest BCUT2D eigenvalue weighted by atomic mass is 16.2. The highest BCUT2D eigenvalue weighted by Crippen LogP contribution is 2.24. The Balaban J connectivity index is 1.72. The monoisotopic (exact) mass is 380 g/mol. The fraction of sp³-hybridized carbons (Fsp3) is 0.0435. The Morgan fingerprint density at radius 2 is 1.69 bits per heavy atom. The zero-order chi connectivity index (χ0) is 20.2. The molecule has 29 heavy (non-hydrogen) atoms. The second kappa shape index (κ2) is 7.79. The predicted molar refractivity (Wildman–Crippen MR) is 111 cm³/mol. The minimum atomic E-state index is -0.399. The number of aromatic nitrogens is 2. The van der Waals surface area contributed by atoms with E-state index in [1.807, 2.05) is 48.5 Å². The van der Waals surface area contributed by atoms with Gasteiger partial charge in [0.15, 0.2) is 0 Å². The van der Waals surface area contributed by atoms with Crippen LogP contribution >= 0.6 is 0 Å². The maximum Gasteiger partial charge on any atom is 0.275 e. The lowest BCUT2D eigenvalue weighted by molar-refractivity contribution is -0.117. The van der Waals surface area contributed by atoms with Gasteiger partial charge in [-0.1, -0.05) is 54.6 Å². The van der Waals surface area contributed by atoms with Gasteiger partial charge in [-0.3, -0.25) is 9.59 Å². The van der Waals surface area contributed by atoms with Crippen molar-refractivity contribution in [3.8, 4) is 17.3 Å². The topological polar surface area (TPSA) is 87.8 Å². The van der Waals surface area contributed by atoms with Crippen LogP contribution in [0.4, 0.5) is 5.69 Å². The number of rotatable bonds is 4.